The lowest BCUT2D eigenvalue weighted by atomic mass is 9.92. The third-order valence-electron chi connectivity index (χ3n) is 5.51. The number of carbonyl (C=O) groups is 2. The van der Waals surface area contributed by atoms with Gasteiger partial charge in [0.2, 0.25) is 5.91 Å². The first-order valence-corrected chi connectivity index (χ1v) is 11.4. The minimum absolute atomic E-state index is 0.0176. The molecule has 8 heteroatoms. The molecule has 0 saturated carbocycles. The van der Waals surface area contributed by atoms with Gasteiger partial charge in [-0.15, -0.1) is 11.3 Å². The Balaban J connectivity index is 1.93. The van der Waals surface area contributed by atoms with E-state index in [1.54, 1.807) is 17.5 Å². The van der Waals surface area contributed by atoms with Gasteiger partial charge in [-0.05, 0) is 51.3 Å². The molecule has 1 aromatic heterocycles. The van der Waals surface area contributed by atoms with Crippen LogP contribution < -0.4 is 9.47 Å². The highest BCUT2D eigenvalue weighted by Gasteiger charge is 2.32. The Bertz CT molecular complexity index is 941. The standard InChI is InChI=1S/C23H31N3O4S/c1-16-20(31-15-24-16)21(27)26-11-7-6-10-25(4)22(28)23(2,3)14-30-19-12-17(13-26)8-9-18(19)29-5/h8-9,12,15H,6-7,10-11,13-14H2,1-5H3. The maximum atomic E-state index is 13.2. The van der Waals surface area contributed by atoms with Crippen LogP contribution in [0.3, 0.4) is 0 Å². The van der Waals surface area contributed by atoms with E-state index < -0.39 is 5.41 Å². The van der Waals surface area contributed by atoms with Gasteiger partial charge in [0.1, 0.15) is 11.5 Å². The topological polar surface area (TPSA) is 72.0 Å². The van der Waals surface area contributed by atoms with Crippen molar-refractivity contribution in [3.8, 4) is 11.5 Å². The number of nitrogens with zero attached hydrogens (tertiary/aromatic N) is 3. The van der Waals surface area contributed by atoms with E-state index in [-0.39, 0.29) is 18.4 Å². The number of aromatic nitrogens is 1. The zero-order valence-corrected chi connectivity index (χ0v) is 19.8. The zero-order chi connectivity index (χ0) is 22.6. The lowest BCUT2D eigenvalue weighted by Gasteiger charge is -2.30. The van der Waals surface area contributed by atoms with Crippen molar-refractivity contribution < 1.29 is 19.1 Å². The number of hydrogen-bond acceptors (Lipinski definition) is 6. The van der Waals surface area contributed by atoms with Gasteiger partial charge in [0.05, 0.1) is 23.7 Å². The molecule has 0 fully saturated rings. The molecule has 0 N–H and O–H groups in total. The van der Waals surface area contributed by atoms with Crippen LogP contribution in [0.4, 0.5) is 0 Å². The fourth-order valence-corrected chi connectivity index (χ4v) is 4.42. The third kappa shape index (κ3) is 5.36. The van der Waals surface area contributed by atoms with E-state index in [0.717, 1.165) is 24.1 Å². The van der Waals surface area contributed by atoms with Crippen molar-refractivity contribution in [1.82, 2.24) is 14.8 Å². The second-order valence-electron chi connectivity index (χ2n) is 8.59. The van der Waals surface area contributed by atoms with Crippen LogP contribution in [0, 0.1) is 12.3 Å². The number of aryl methyl sites for hydroxylation is 1. The maximum absolute atomic E-state index is 13.2. The Kier molecular flexibility index (Phi) is 7.20. The molecule has 168 valence electrons. The summed E-state index contributed by atoms with van der Waals surface area (Å²) < 4.78 is 11.5. The summed E-state index contributed by atoms with van der Waals surface area (Å²) in [7, 11) is 3.41. The predicted molar refractivity (Wildman–Crippen MR) is 121 cm³/mol. The van der Waals surface area contributed by atoms with Crippen LogP contribution in [-0.2, 0) is 11.3 Å². The van der Waals surface area contributed by atoms with Gasteiger partial charge in [0.15, 0.2) is 11.5 Å². The zero-order valence-electron chi connectivity index (χ0n) is 18.9. The number of carbonyl (C=O) groups excluding carboxylic acids is 2. The van der Waals surface area contributed by atoms with Crippen molar-refractivity contribution in [2.45, 2.75) is 40.2 Å². The summed E-state index contributed by atoms with van der Waals surface area (Å²) >= 11 is 1.37. The van der Waals surface area contributed by atoms with E-state index in [4.69, 9.17) is 9.47 Å². The van der Waals surface area contributed by atoms with Crippen LogP contribution in [0.2, 0.25) is 0 Å². The van der Waals surface area contributed by atoms with E-state index in [1.807, 2.05) is 50.9 Å². The van der Waals surface area contributed by atoms with E-state index in [9.17, 15) is 9.59 Å². The second-order valence-corrected chi connectivity index (χ2v) is 9.44. The Hall–Kier alpha value is -2.61. The average molecular weight is 446 g/mol. The normalized spacial score (nSPS) is 17.6. The van der Waals surface area contributed by atoms with Crippen LogP contribution in [-0.4, -0.2) is 60.5 Å². The molecule has 31 heavy (non-hydrogen) atoms. The van der Waals surface area contributed by atoms with Gasteiger partial charge < -0.3 is 19.3 Å². The highest BCUT2D eigenvalue weighted by Crippen LogP contribution is 2.31. The van der Waals surface area contributed by atoms with Crippen LogP contribution in [0.25, 0.3) is 0 Å². The van der Waals surface area contributed by atoms with Gasteiger partial charge in [-0.1, -0.05) is 6.07 Å². The van der Waals surface area contributed by atoms with Gasteiger partial charge in [-0.3, -0.25) is 9.59 Å². The van der Waals surface area contributed by atoms with Crippen molar-refractivity contribution in [3.05, 3.63) is 39.8 Å². The van der Waals surface area contributed by atoms with Gasteiger partial charge >= 0.3 is 0 Å². The number of thiazole rings is 1. The number of rotatable bonds is 2. The monoisotopic (exact) mass is 445 g/mol. The summed E-state index contributed by atoms with van der Waals surface area (Å²) in [5.41, 5.74) is 2.74. The average Bonchev–Trinajstić information content (AvgIpc) is 3.18. The molecule has 0 atom stereocenters. The summed E-state index contributed by atoms with van der Waals surface area (Å²) in [5, 5.41) is 0. The summed E-state index contributed by atoms with van der Waals surface area (Å²) in [6.07, 6.45) is 1.62. The first-order valence-electron chi connectivity index (χ1n) is 10.5. The number of hydrogen-bond donors (Lipinski definition) is 0. The van der Waals surface area contributed by atoms with Gasteiger partial charge in [0.25, 0.3) is 5.91 Å². The summed E-state index contributed by atoms with van der Waals surface area (Å²) in [6.45, 7) is 7.59. The van der Waals surface area contributed by atoms with Gasteiger partial charge in [0, 0.05) is 26.7 Å². The van der Waals surface area contributed by atoms with Gasteiger partial charge in [-0.25, -0.2) is 4.98 Å². The number of methoxy groups -OCH3 is 1. The molecule has 2 aromatic rings. The molecule has 0 aliphatic carbocycles. The van der Waals surface area contributed by atoms with Crippen LogP contribution in [0.15, 0.2) is 23.7 Å². The number of fused-ring (bicyclic) bond motifs is 2. The summed E-state index contributed by atoms with van der Waals surface area (Å²) in [5.74, 6) is 1.19. The molecule has 1 aliphatic heterocycles. The highest BCUT2D eigenvalue weighted by molar-refractivity contribution is 7.11. The number of ether oxygens (including phenoxy) is 2. The summed E-state index contributed by atoms with van der Waals surface area (Å²) in [6, 6.07) is 5.69. The number of amides is 2. The van der Waals surface area contributed by atoms with E-state index in [0.29, 0.717) is 36.0 Å². The minimum Gasteiger partial charge on any atom is -0.493 e. The van der Waals surface area contributed by atoms with Gasteiger partial charge in [-0.2, -0.15) is 0 Å². The molecular weight excluding hydrogens is 414 g/mol. The Labute approximate surface area is 188 Å². The highest BCUT2D eigenvalue weighted by atomic mass is 32.1. The van der Waals surface area contributed by atoms with Crippen molar-refractivity contribution in [2.24, 2.45) is 5.41 Å². The smallest absolute Gasteiger partial charge is 0.266 e. The molecule has 2 bridgehead atoms. The Morgan fingerprint density at radius 2 is 2.00 bits per heavy atom. The molecule has 3 rings (SSSR count). The lowest BCUT2D eigenvalue weighted by molar-refractivity contribution is -0.140. The van der Waals surface area contributed by atoms with Crippen molar-refractivity contribution in [3.63, 3.8) is 0 Å². The molecule has 0 saturated heterocycles. The predicted octanol–water partition coefficient (Wildman–Crippen LogP) is 3.76. The fraction of sp³-hybridized carbons (Fsp3) is 0.522. The van der Waals surface area contributed by atoms with E-state index >= 15 is 0 Å². The first kappa shape index (κ1) is 23.1. The molecule has 7 nitrogen and oxygen atoms in total. The second kappa shape index (κ2) is 9.68. The summed E-state index contributed by atoms with van der Waals surface area (Å²) in [4.78, 5) is 34.6. The molecule has 0 spiro atoms. The van der Waals surface area contributed by atoms with E-state index in [2.05, 4.69) is 4.98 Å². The quantitative estimate of drug-likeness (QED) is 0.704. The largest absolute Gasteiger partial charge is 0.493 e. The van der Waals surface area contributed by atoms with Crippen LogP contribution in [0.5, 0.6) is 11.5 Å². The molecule has 0 radical (unpaired) electrons. The maximum Gasteiger partial charge on any atom is 0.266 e. The SMILES string of the molecule is COc1ccc2cc1OCC(C)(C)C(=O)N(C)CCCCN(C(=O)c1scnc1C)C2. The van der Waals surface area contributed by atoms with Crippen molar-refractivity contribution in [1.29, 1.82) is 0 Å². The van der Waals surface area contributed by atoms with Crippen molar-refractivity contribution >= 4 is 23.2 Å². The van der Waals surface area contributed by atoms with Crippen LogP contribution in [0.1, 0.15) is 47.6 Å². The molecule has 2 heterocycles. The lowest BCUT2D eigenvalue weighted by Crippen LogP contribution is -2.42. The molecule has 1 aromatic carbocycles. The van der Waals surface area contributed by atoms with Crippen LogP contribution >= 0.6 is 11.3 Å². The molecule has 1 aliphatic rings. The Morgan fingerprint density at radius 1 is 1.26 bits per heavy atom. The third-order valence-corrected chi connectivity index (χ3v) is 6.43. The van der Waals surface area contributed by atoms with E-state index in [1.165, 1.54) is 11.3 Å². The Morgan fingerprint density at radius 3 is 2.68 bits per heavy atom. The fourth-order valence-electron chi connectivity index (χ4n) is 3.65. The number of benzene rings is 1. The van der Waals surface area contributed by atoms with Crippen molar-refractivity contribution in [2.75, 3.05) is 33.9 Å². The molecular formula is C23H31N3O4S. The molecule has 2 amide bonds. The first-order chi connectivity index (χ1) is 14.7. The minimum atomic E-state index is -0.661. The molecule has 0 unspecified atom stereocenters.